The number of carbonyl (C=O) groups excluding carboxylic acids is 1. The number of amides is 1. The van der Waals surface area contributed by atoms with Crippen LogP contribution < -0.4 is 21.9 Å². The molecule has 0 aromatic carbocycles. The molecule has 3 N–H and O–H groups in total. The first-order valence-electron chi connectivity index (χ1n) is 9.88. The number of nitrogens with zero attached hydrogens (tertiary/aromatic N) is 4. The fraction of sp³-hybridized carbons (Fsp3) is 0.500. The minimum Gasteiger partial charge on any atom is -0.385 e. The third kappa shape index (κ3) is 5.65. The van der Waals surface area contributed by atoms with Gasteiger partial charge < -0.3 is 15.4 Å². The second-order valence-corrected chi connectivity index (χ2v) is 7.94. The molecular formula is C20H29ClN6O4. The van der Waals surface area contributed by atoms with E-state index in [0.717, 1.165) is 0 Å². The molecule has 0 atom stereocenters. The van der Waals surface area contributed by atoms with E-state index in [9.17, 15) is 14.4 Å². The van der Waals surface area contributed by atoms with Gasteiger partial charge in [0.2, 0.25) is 0 Å². The van der Waals surface area contributed by atoms with Gasteiger partial charge in [0.1, 0.15) is 11.0 Å². The van der Waals surface area contributed by atoms with Crippen LogP contribution in [-0.4, -0.2) is 45.5 Å². The van der Waals surface area contributed by atoms with E-state index in [-0.39, 0.29) is 24.0 Å². The second-order valence-electron chi connectivity index (χ2n) is 7.58. The summed E-state index contributed by atoms with van der Waals surface area (Å²) in [4.78, 5) is 41.5. The first-order valence-corrected chi connectivity index (χ1v) is 10.3. The SMILES string of the molecule is COCCCN(C(=O)/C=C/c1c(C)nn(C)c1Cl)c1c(N)n(CC(C)C)c(=O)[nH]c1=O. The first-order chi connectivity index (χ1) is 14.6. The summed E-state index contributed by atoms with van der Waals surface area (Å²) in [5.41, 5.74) is 6.04. The van der Waals surface area contributed by atoms with Crippen molar-refractivity contribution >= 4 is 35.1 Å². The molecule has 11 heteroatoms. The molecule has 0 unspecified atom stereocenters. The highest BCUT2D eigenvalue weighted by Crippen LogP contribution is 2.22. The number of aromatic amines is 1. The highest BCUT2D eigenvalue weighted by Gasteiger charge is 2.23. The van der Waals surface area contributed by atoms with E-state index in [0.29, 0.717) is 36.0 Å². The van der Waals surface area contributed by atoms with Crippen LogP contribution in [0.4, 0.5) is 11.5 Å². The van der Waals surface area contributed by atoms with Gasteiger partial charge >= 0.3 is 5.69 Å². The highest BCUT2D eigenvalue weighted by atomic mass is 35.5. The molecule has 0 aliphatic rings. The number of H-pyrrole nitrogens is 1. The largest absolute Gasteiger partial charge is 0.385 e. The molecule has 0 radical (unpaired) electrons. The maximum absolute atomic E-state index is 13.1. The van der Waals surface area contributed by atoms with E-state index >= 15 is 0 Å². The molecule has 0 saturated carbocycles. The zero-order valence-electron chi connectivity index (χ0n) is 18.4. The Morgan fingerprint density at radius 2 is 2.06 bits per heavy atom. The molecule has 1 amide bonds. The molecule has 170 valence electrons. The number of halogens is 1. The van der Waals surface area contributed by atoms with Gasteiger partial charge in [0.25, 0.3) is 11.5 Å². The van der Waals surface area contributed by atoms with Crippen LogP contribution in [-0.2, 0) is 23.1 Å². The van der Waals surface area contributed by atoms with Crippen molar-refractivity contribution in [3.8, 4) is 0 Å². The van der Waals surface area contributed by atoms with Crippen molar-refractivity contribution in [2.75, 3.05) is 30.9 Å². The molecule has 0 saturated heterocycles. The van der Waals surface area contributed by atoms with E-state index in [1.54, 1.807) is 27.2 Å². The van der Waals surface area contributed by atoms with Gasteiger partial charge in [0.15, 0.2) is 5.69 Å². The number of carbonyl (C=O) groups is 1. The summed E-state index contributed by atoms with van der Waals surface area (Å²) in [6, 6.07) is 0. The van der Waals surface area contributed by atoms with Crippen molar-refractivity contribution in [1.29, 1.82) is 0 Å². The van der Waals surface area contributed by atoms with E-state index in [1.807, 2.05) is 13.8 Å². The Labute approximate surface area is 185 Å². The lowest BCUT2D eigenvalue weighted by Gasteiger charge is -2.24. The Balaban J connectivity index is 2.51. The third-order valence-corrected chi connectivity index (χ3v) is 5.06. The van der Waals surface area contributed by atoms with Gasteiger partial charge in [-0.3, -0.25) is 23.8 Å². The number of anilines is 2. The minimum absolute atomic E-state index is 0.0581. The number of ether oxygens (including phenoxy) is 1. The first kappa shape index (κ1) is 24.4. The molecule has 10 nitrogen and oxygen atoms in total. The van der Waals surface area contributed by atoms with Gasteiger partial charge in [-0.2, -0.15) is 5.10 Å². The lowest BCUT2D eigenvalue weighted by molar-refractivity contribution is -0.114. The van der Waals surface area contributed by atoms with Crippen LogP contribution in [0, 0.1) is 12.8 Å². The maximum atomic E-state index is 13.1. The van der Waals surface area contributed by atoms with Gasteiger partial charge in [-0.15, -0.1) is 0 Å². The van der Waals surface area contributed by atoms with E-state index < -0.39 is 17.2 Å². The zero-order valence-corrected chi connectivity index (χ0v) is 19.2. The highest BCUT2D eigenvalue weighted by molar-refractivity contribution is 6.31. The summed E-state index contributed by atoms with van der Waals surface area (Å²) in [5.74, 6) is -0.438. The molecule has 0 spiro atoms. The van der Waals surface area contributed by atoms with Crippen LogP contribution in [0.3, 0.4) is 0 Å². The van der Waals surface area contributed by atoms with Crippen LogP contribution in [0.5, 0.6) is 0 Å². The Morgan fingerprint density at radius 1 is 1.39 bits per heavy atom. The lowest BCUT2D eigenvalue weighted by atomic mass is 10.2. The topological polar surface area (TPSA) is 128 Å². The Morgan fingerprint density at radius 3 is 2.61 bits per heavy atom. The number of aromatic nitrogens is 4. The van der Waals surface area contributed by atoms with Crippen LogP contribution >= 0.6 is 11.6 Å². The van der Waals surface area contributed by atoms with Crippen LogP contribution in [0.25, 0.3) is 6.08 Å². The quantitative estimate of drug-likeness (QED) is 0.438. The van der Waals surface area contributed by atoms with Gasteiger partial charge in [-0.25, -0.2) is 4.79 Å². The smallest absolute Gasteiger partial charge is 0.330 e. The van der Waals surface area contributed by atoms with E-state index in [1.165, 1.54) is 20.2 Å². The van der Waals surface area contributed by atoms with Crippen molar-refractivity contribution in [1.82, 2.24) is 19.3 Å². The zero-order chi connectivity index (χ0) is 23.3. The number of hydrogen-bond donors (Lipinski definition) is 2. The average Bonchev–Trinajstić information content (AvgIpc) is 2.93. The van der Waals surface area contributed by atoms with Crippen LogP contribution in [0.1, 0.15) is 31.5 Å². The molecule has 0 aliphatic carbocycles. The summed E-state index contributed by atoms with van der Waals surface area (Å²) < 4.78 is 7.84. The maximum Gasteiger partial charge on any atom is 0.330 e. The molecule has 2 aromatic rings. The monoisotopic (exact) mass is 452 g/mol. The number of nitrogens with one attached hydrogen (secondary N) is 1. The molecule has 0 bridgehead atoms. The van der Waals surface area contributed by atoms with Gasteiger partial charge in [0, 0.05) is 45.5 Å². The fourth-order valence-corrected chi connectivity index (χ4v) is 3.40. The summed E-state index contributed by atoms with van der Waals surface area (Å²) in [5, 5.41) is 4.59. The Kier molecular flexibility index (Phi) is 8.23. The predicted octanol–water partition coefficient (Wildman–Crippen LogP) is 1.55. The van der Waals surface area contributed by atoms with Crippen LogP contribution in [0.2, 0.25) is 5.15 Å². The van der Waals surface area contributed by atoms with Gasteiger partial charge in [-0.1, -0.05) is 25.4 Å². The summed E-state index contributed by atoms with van der Waals surface area (Å²) in [7, 11) is 3.24. The third-order valence-electron chi connectivity index (χ3n) is 4.62. The standard InChI is InChI=1S/C20H29ClN6O4/c1-12(2)11-27-18(22)16(19(29)23-20(27)30)26(9-6-10-31-5)15(28)8-7-14-13(3)24-25(4)17(14)21/h7-8,12H,6,9-11,22H2,1-5H3,(H,23,29,30)/b8-7+. The van der Waals surface area contributed by atoms with Crippen molar-refractivity contribution in [3.05, 3.63) is 43.3 Å². The molecule has 0 fully saturated rings. The van der Waals surface area contributed by atoms with E-state index in [2.05, 4.69) is 10.1 Å². The van der Waals surface area contributed by atoms with Crippen molar-refractivity contribution < 1.29 is 9.53 Å². The fourth-order valence-electron chi connectivity index (χ4n) is 3.16. The number of methoxy groups -OCH3 is 1. The molecule has 2 heterocycles. The summed E-state index contributed by atoms with van der Waals surface area (Å²) in [6.45, 7) is 6.46. The number of rotatable bonds is 9. The van der Waals surface area contributed by atoms with Crippen molar-refractivity contribution in [3.63, 3.8) is 0 Å². The Bertz CT molecular complexity index is 1080. The molecule has 0 aliphatic heterocycles. The summed E-state index contributed by atoms with van der Waals surface area (Å²) >= 11 is 6.23. The predicted molar refractivity (Wildman–Crippen MR) is 121 cm³/mol. The number of aryl methyl sites for hydroxylation is 2. The van der Waals surface area contributed by atoms with Gasteiger partial charge in [0.05, 0.1) is 5.69 Å². The second kappa shape index (κ2) is 10.5. The summed E-state index contributed by atoms with van der Waals surface area (Å²) in [6.07, 6.45) is 3.31. The van der Waals surface area contributed by atoms with E-state index in [4.69, 9.17) is 22.1 Å². The number of hydrogen-bond acceptors (Lipinski definition) is 6. The molecule has 31 heavy (non-hydrogen) atoms. The van der Waals surface area contributed by atoms with Crippen LogP contribution in [0.15, 0.2) is 15.7 Å². The number of nitrogens with two attached hydrogens (primary N) is 1. The molecular weight excluding hydrogens is 424 g/mol. The normalized spacial score (nSPS) is 11.6. The molecule has 2 aromatic heterocycles. The number of nitrogen functional groups attached to an aromatic ring is 1. The average molecular weight is 453 g/mol. The molecule has 2 rings (SSSR count). The Hall–Kier alpha value is -2.85. The van der Waals surface area contributed by atoms with Crippen molar-refractivity contribution in [2.24, 2.45) is 13.0 Å². The minimum atomic E-state index is -0.725. The lowest BCUT2D eigenvalue weighted by Crippen LogP contribution is -2.41. The van der Waals surface area contributed by atoms with Gasteiger partial charge in [-0.05, 0) is 25.3 Å². The van der Waals surface area contributed by atoms with Crippen molar-refractivity contribution in [2.45, 2.75) is 33.7 Å².